The lowest BCUT2D eigenvalue weighted by molar-refractivity contribution is -0.121. The van der Waals surface area contributed by atoms with Crippen molar-refractivity contribution in [3.05, 3.63) is 35.4 Å². The lowest BCUT2D eigenvalue weighted by Crippen LogP contribution is -2.33. The first-order valence-electron chi connectivity index (χ1n) is 10.2. The van der Waals surface area contributed by atoms with Crippen molar-refractivity contribution in [3.63, 3.8) is 0 Å². The number of carbonyl (C=O) groups is 2. The van der Waals surface area contributed by atoms with Gasteiger partial charge in [-0.1, -0.05) is 13.8 Å². The van der Waals surface area contributed by atoms with Gasteiger partial charge in [-0.05, 0) is 33.0 Å². The molecule has 3 rings (SSSR count). The second-order valence-electron chi connectivity index (χ2n) is 8.19. The Bertz CT molecular complexity index is 1100. The second-order valence-corrected chi connectivity index (χ2v) is 8.19. The predicted octanol–water partition coefficient (Wildman–Crippen LogP) is 1.53. The van der Waals surface area contributed by atoms with Crippen LogP contribution in [0.15, 0.2) is 18.5 Å². The Kier molecular flexibility index (Phi) is 6.69. The van der Waals surface area contributed by atoms with Crippen molar-refractivity contribution in [2.45, 2.75) is 33.2 Å². The van der Waals surface area contributed by atoms with Crippen LogP contribution in [0.3, 0.4) is 0 Å². The number of nitrogens with zero attached hydrogens (tertiary/aromatic N) is 6. The Morgan fingerprint density at radius 1 is 1.26 bits per heavy atom. The number of hydrogen-bond donors (Lipinski definition) is 2. The first-order valence-corrected chi connectivity index (χ1v) is 10.2. The Morgan fingerprint density at radius 3 is 2.68 bits per heavy atom. The first kappa shape index (κ1) is 22.4. The van der Waals surface area contributed by atoms with E-state index in [0.717, 1.165) is 23.3 Å². The van der Waals surface area contributed by atoms with Crippen LogP contribution in [0.25, 0.3) is 11.0 Å². The highest BCUT2D eigenvalue weighted by Gasteiger charge is 2.20. The molecule has 2 amide bonds. The fraction of sp³-hybridized carbons (Fsp3) is 0.476. The molecule has 0 atom stereocenters. The number of pyridine rings is 1. The molecule has 0 unspecified atom stereocenters. The summed E-state index contributed by atoms with van der Waals surface area (Å²) in [5.74, 6) is -0.230. The van der Waals surface area contributed by atoms with Crippen molar-refractivity contribution in [3.8, 4) is 0 Å². The minimum atomic E-state index is -0.264. The fourth-order valence-electron chi connectivity index (χ4n) is 3.27. The number of likely N-dealkylation sites (N-methyl/N-ethyl adjacent to an activating group) is 1. The first-order chi connectivity index (χ1) is 14.7. The van der Waals surface area contributed by atoms with Gasteiger partial charge in [-0.2, -0.15) is 10.2 Å². The summed E-state index contributed by atoms with van der Waals surface area (Å²) < 4.78 is 3.19. The minimum Gasteiger partial charge on any atom is -0.353 e. The van der Waals surface area contributed by atoms with E-state index in [1.54, 1.807) is 10.9 Å². The van der Waals surface area contributed by atoms with Crippen LogP contribution < -0.4 is 10.6 Å². The number of carbonyl (C=O) groups excluding carboxylic acids is 2. The van der Waals surface area contributed by atoms with Gasteiger partial charge < -0.3 is 15.5 Å². The van der Waals surface area contributed by atoms with Crippen LogP contribution in [0.5, 0.6) is 0 Å². The lowest BCUT2D eigenvalue weighted by atomic mass is 10.0. The van der Waals surface area contributed by atoms with Gasteiger partial charge in [0.1, 0.15) is 6.54 Å². The molecule has 0 aliphatic rings. The number of amides is 2. The van der Waals surface area contributed by atoms with Crippen molar-refractivity contribution in [2.75, 3.05) is 32.5 Å². The molecule has 10 heteroatoms. The molecule has 31 heavy (non-hydrogen) atoms. The van der Waals surface area contributed by atoms with E-state index < -0.39 is 0 Å². The zero-order chi connectivity index (χ0) is 22.7. The largest absolute Gasteiger partial charge is 0.353 e. The van der Waals surface area contributed by atoms with Gasteiger partial charge in [-0.3, -0.25) is 19.0 Å². The maximum absolute atomic E-state index is 13.1. The molecule has 0 fully saturated rings. The Balaban J connectivity index is 1.75. The maximum Gasteiger partial charge on any atom is 0.256 e. The van der Waals surface area contributed by atoms with Crippen molar-refractivity contribution < 1.29 is 9.59 Å². The normalized spacial score (nSPS) is 11.5. The molecule has 0 aliphatic heterocycles. The lowest BCUT2D eigenvalue weighted by Gasteiger charge is -2.10. The van der Waals surface area contributed by atoms with Crippen LogP contribution in [0.4, 0.5) is 5.69 Å². The molecule has 3 aromatic rings. The molecule has 10 nitrogen and oxygen atoms in total. The molecule has 0 aromatic carbocycles. The monoisotopic (exact) mass is 426 g/mol. The van der Waals surface area contributed by atoms with Crippen molar-refractivity contribution in [1.82, 2.24) is 34.8 Å². The zero-order valence-corrected chi connectivity index (χ0v) is 18.9. The van der Waals surface area contributed by atoms with E-state index in [0.29, 0.717) is 23.4 Å². The van der Waals surface area contributed by atoms with Gasteiger partial charge in [0.05, 0.1) is 28.5 Å². The average molecular weight is 427 g/mol. The molecule has 0 bridgehead atoms. The standard InChI is InChI=1S/C21H30N8O2/c1-13(2)17-9-16(19-14(3)26-28(6)20(19)25-17)21(31)24-15-10-23-29(11-15)12-18(30)22-7-8-27(4)5/h9-11,13H,7-8,12H2,1-6H3,(H,22,30)(H,24,31). The van der Waals surface area contributed by atoms with Crippen LogP contribution >= 0.6 is 0 Å². The third kappa shape index (κ3) is 5.26. The number of aryl methyl sites for hydroxylation is 2. The summed E-state index contributed by atoms with van der Waals surface area (Å²) in [5, 5.41) is 15.1. The predicted molar refractivity (Wildman–Crippen MR) is 119 cm³/mol. The van der Waals surface area contributed by atoms with Gasteiger partial charge in [0.15, 0.2) is 5.65 Å². The summed E-state index contributed by atoms with van der Waals surface area (Å²) in [6, 6.07) is 1.82. The highest BCUT2D eigenvalue weighted by molar-refractivity contribution is 6.12. The summed E-state index contributed by atoms with van der Waals surface area (Å²) in [5.41, 5.74) is 3.29. The van der Waals surface area contributed by atoms with Gasteiger partial charge in [-0.25, -0.2) is 4.98 Å². The second kappa shape index (κ2) is 9.25. The van der Waals surface area contributed by atoms with Gasteiger partial charge >= 0.3 is 0 Å². The molecular formula is C21H30N8O2. The van der Waals surface area contributed by atoms with E-state index in [-0.39, 0.29) is 24.3 Å². The smallest absolute Gasteiger partial charge is 0.256 e. The van der Waals surface area contributed by atoms with E-state index in [4.69, 9.17) is 0 Å². The molecule has 0 radical (unpaired) electrons. The average Bonchev–Trinajstić information content (AvgIpc) is 3.24. The minimum absolute atomic E-state index is 0.0853. The van der Waals surface area contributed by atoms with Crippen LogP contribution in [0, 0.1) is 6.92 Å². The third-order valence-corrected chi connectivity index (χ3v) is 4.90. The van der Waals surface area contributed by atoms with Gasteiger partial charge in [0, 0.05) is 32.0 Å². The maximum atomic E-state index is 13.1. The Morgan fingerprint density at radius 2 is 2.00 bits per heavy atom. The Hall–Kier alpha value is -3.27. The Labute approximate surface area is 181 Å². The summed E-state index contributed by atoms with van der Waals surface area (Å²) >= 11 is 0. The molecular weight excluding hydrogens is 396 g/mol. The number of aromatic nitrogens is 5. The van der Waals surface area contributed by atoms with Crippen molar-refractivity contribution in [2.24, 2.45) is 7.05 Å². The number of anilines is 1. The quantitative estimate of drug-likeness (QED) is 0.565. The number of rotatable bonds is 8. The highest BCUT2D eigenvalue weighted by atomic mass is 16.2. The molecule has 0 aliphatic carbocycles. The van der Waals surface area contributed by atoms with Gasteiger partial charge in [-0.15, -0.1) is 0 Å². The summed E-state index contributed by atoms with van der Waals surface area (Å²) in [4.78, 5) is 31.8. The molecule has 0 saturated heterocycles. The summed E-state index contributed by atoms with van der Waals surface area (Å²) in [7, 11) is 5.71. The van der Waals surface area contributed by atoms with Crippen LogP contribution in [-0.4, -0.2) is 68.4 Å². The van der Waals surface area contributed by atoms with E-state index in [2.05, 4.69) is 25.8 Å². The van der Waals surface area contributed by atoms with Gasteiger partial charge in [0.25, 0.3) is 5.91 Å². The van der Waals surface area contributed by atoms with E-state index in [1.165, 1.54) is 10.9 Å². The highest BCUT2D eigenvalue weighted by Crippen LogP contribution is 2.25. The van der Waals surface area contributed by atoms with Crippen molar-refractivity contribution in [1.29, 1.82) is 0 Å². The van der Waals surface area contributed by atoms with E-state index >= 15 is 0 Å². The molecule has 0 spiro atoms. The zero-order valence-electron chi connectivity index (χ0n) is 18.9. The van der Waals surface area contributed by atoms with Gasteiger partial charge in [0.2, 0.25) is 5.91 Å². The molecule has 3 aromatic heterocycles. The topological polar surface area (TPSA) is 110 Å². The van der Waals surface area contributed by atoms with Crippen molar-refractivity contribution >= 4 is 28.5 Å². The number of fused-ring (bicyclic) bond motifs is 1. The third-order valence-electron chi connectivity index (χ3n) is 4.90. The molecule has 2 N–H and O–H groups in total. The van der Waals surface area contributed by atoms with E-state index in [1.807, 2.05) is 52.9 Å². The summed E-state index contributed by atoms with van der Waals surface area (Å²) in [6.45, 7) is 7.35. The van der Waals surface area contributed by atoms with Crippen LogP contribution in [-0.2, 0) is 18.4 Å². The number of hydrogen-bond acceptors (Lipinski definition) is 6. The van der Waals surface area contributed by atoms with Crippen LogP contribution in [0.1, 0.15) is 41.5 Å². The molecule has 166 valence electrons. The SMILES string of the molecule is Cc1nn(C)c2nc(C(C)C)cc(C(=O)Nc3cnn(CC(=O)NCCN(C)C)c3)c12. The van der Waals surface area contributed by atoms with E-state index in [9.17, 15) is 9.59 Å². The number of nitrogens with one attached hydrogen (secondary N) is 2. The fourth-order valence-corrected chi connectivity index (χ4v) is 3.27. The summed E-state index contributed by atoms with van der Waals surface area (Å²) in [6.07, 6.45) is 3.17. The molecule has 0 saturated carbocycles. The molecule has 3 heterocycles. The van der Waals surface area contributed by atoms with Crippen LogP contribution in [0.2, 0.25) is 0 Å².